The Bertz CT molecular complexity index is 797. The Morgan fingerprint density at radius 1 is 1.40 bits per heavy atom. The van der Waals surface area contributed by atoms with Crippen molar-refractivity contribution in [2.75, 3.05) is 5.32 Å². The van der Waals surface area contributed by atoms with Crippen LogP contribution in [0.4, 0.5) is 10.1 Å². The summed E-state index contributed by atoms with van der Waals surface area (Å²) in [6.45, 7) is 0. The molecule has 1 heterocycles. The van der Waals surface area contributed by atoms with E-state index in [1.165, 1.54) is 19.2 Å². The molecule has 2 aromatic rings. The Labute approximate surface area is 120 Å². The van der Waals surface area contributed by atoms with Crippen LogP contribution in [-0.2, 0) is 7.05 Å². The van der Waals surface area contributed by atoms with Gasteiger partial charge in [0.25, 0.3) is 11.5 Å². The Morgan fingerprint density at radius 2 is 2.10 bits per heavy atom. The third-order valence-corrected chi connectivity index (χ3v) is 3.10. The molecule has 2 rings (SSSR count). The number of H-pyrrole nitrogens is 1. The number of aromatic nitrogens is 2. The van der Waals surface area contributed by atoms with Crippen LogP contribution in [0.5, 0.6) is 0 Å². The molecule has 1 aromatic carbocycles. The zero-order valence-corrected chi connectivity index (χ0v) is 11.8. The lowest BCUT2D eigenvalue weighted by Crippen LogP contribution is -2.37. The van der Waals surface area contributed by atoms with Crippen LogP contribution < -0.4 is 16.6 Å². The highest BCUT2D eigenvalue weighted by Gasteiger charge is 2.15. The van der Waals surface area contributed by atoms with Gasteiger partial charge in [-0.05, 0) is 18.2 Å². The molecule has 6 nitrogen and oxygen atoms in total. The van der Waals surface area contributed by atoms with E-state index in [4.69, 9.17) is 0 Å². The van der Waals surface area contributed by atoms with E-state index < -0.39 is 23.0 Å². The minimum Gasteiger partial charge on any atom is -0.319 e. The molecule has 0 radical (unpaired) electrons. The van der Waals surface area contributed by atoms with E-state index in [0.717, 1.165) is 10.8 Å². The summed E-state index contributed by atoms with van der Waals surface area (Å²) in [5.74, 6) is -1.45. The first-order valence-electron chi connectivity index (χ1n) is 5.45. The van der Waals surface area contributed by atoms with Crippen molar-refractivity contribution < 1.29 is 9.18 Å². The minimum absolute atomic E-state index is 0.0635. The van der Waals surface area contributed by atoms with Crippen LogP contribution >= 0.6 is 15.9 Å². The van der Waals surface area contributed by atoms with Crippen molar-refractivity contribution in [2.45, 2.75) is 0 Å². The molecule has 1 aromatic heterocycles. The monoisotopic (exact) mass is 341 g/mol. The number of hydrogen-bond donors (Lipinski definition) is 2. The van der Waals surface area contributed by atoms with Gasteiger partial charge in [-0.3, -0.25) is 14.2 Å². The summed E-state index contributed by atoms with van der Waals surface area (Å²) >= 11 is 3.09. The largest absolute Gasteiger partial charge is 0.328 e. The van der Waals surface area contributed by atoms with E-state index >= 15 is 0 Å². The number of aromatic amines is 1. The molecule has 0 fully saturated rings. The lowest BCUT2D eigenvalue weighted by molar-refractivity contribution is 0.102. The number of carbonyl (C=O) groups excluding carboxylic acids is 1. The average Bonchev–Trinajstić information content (AvgIpc) is 2.39. The second-order valence-electron chi connectivity index (χ2n) is 3.95. The maximum Gasteiger partial charge on any atom is 0.328 e. The van der Waals surface area contributed by atoms with Crippen molar-refractivity contribution in [2.24, 2.45) is 7.05 Å². The molecule has 0 saturated heterocycles. The molecule has 0 bridgehead atoms. The number of carbonyl (C=O) groups is 1. The molecular weight excluding hydrogens is 333 g/mol. The first-order valence-corrected chi connectivity index (χ1v) is 6.24. The summed E-state index contributed by atoms with van der Waals surface area (Å²) in [6, 6.07) is 4.08. The number of amides is 1. The van der Waals surface area contributed by atoms with Gasteiger partial charge in [-0.2, -0.15) is 0 Å². The van der Waals surface area contributed by atoms with Gasteiger partial charge in [0, 0.05) is 17.7 Å². The number of hydrogen-bond acceptors (Lipinski definition) is 3. The fourth-order valence-electron chi connectivity index (χ4n) is 1.51. The highest BCUT2D eigenvalue weighted by Crippen LogP contribution is 2.19. The first-order chi connectivity index (χ1) is 9.40. The van der Waals surface area contributed by atoms with Gasteiger partial charge in [0.1, 0.15) is 11.4 Å². The van der Waals surface area contributed by atoms with Crippen molar-refractivity contribution in [3.63, 3.8) is 0 Å². The molecular formula is C12H9BrFN3O3. The van der Waals surface area contributed by atoms with Crippen LogP contribution in [-0.4, -0.2) is 15.5 Å². The molecule has 0 aliphatic carbocycles. The van der Waals surface area contributed by atoms with E-state index in [2.05, 4.69) is 26.2 Å². The molecule has 0 unspecified atom stereocenters. The summed E-state index contributed by atoms with van der Waals surface area (Å²) in [6.07, 6.45) is 0.997. The van der Waals surface area contributed by atoms with Gasteiger partial charge in [0.2, 0.25) is 0 Å². The van der Waals surface area contributed by atoms with Gasteiger partial charge in [0.15, 0.2) is 0 Å². The predicted molar refractivity (Wildman–Crippen MR) is 74.4 cm³/mol. The minimum atomic E-state index is -0.803. The van der Waals surface area contributed by atoms with Gasteiger partial charge < -0.3 is 10.3 Å². The number of nitrogens with zero attached hydrogens (tertiary/aromatic N) is 1. The summed E-state index contributed by atoms with van der Waals surface area (Å²) in [7, 11) is 1.23. The van der Waals surface area contributed by atoms with E-state index in [9.17, 15) is 18.8 Å². The maximum atomic E-state index is 13.6. The van der Waals surface area contributed by atoms with Crippen LogP contribution in [0.2, 0.25) is 0 Å². The average molecular weight is 342 g/mol. The molecule has 0 atom stereocenters. The Kier molecular flexibility index (Phi) is 3.84. The second-order valence-corrected chi connectivity index (χ2v) is 4.87. The molecule has 0 aliphatic heterocycles. The molecule has 2 N–H and O–H groups in total. The quantitative estimate of drug-likeness (QED) is 0.861. The van der Waals surface area contributed by atoms with Crippen molar-refractivity contribution in [1.29, 1.82) is 0 Å². The lowest BCUT2D eigenvalue weighted by atomic mass is 10.2. The first kappa shape index (κ1) is 14.2. The fourth-order valence-corrected chi connectivity index (χ4v) is 1.84. The van der Waals surface area contributed by atoms with E-state index in [1.54, 1.807) is 6.07 Å². The van der Waals surface area contributed by atoms with Gasteiger partial charge in [0.05, 0.1) is 5.69 Å². The molecule has 0 spiro atoms. The molecule has 1 amide bonds. The third-order valence-electron chi connectivity index (χ3n) is 2.60. The van der Waals surface area contributed by atoms with E-state index in [0.29, 0.717) is 4.47 Å². The van der Waals surface area contributed by atoms with Crippen molar-refractivity contribution in [3.05, 3.63) is 61.1 Å². The smallest absolute Gasteiger partial charge is 0.319 e. The molecule has 104 valence electrons. The van der Waals surface area contributed by atoms with Gasteiger partial charge in [-0.1, -0.05) is 15.9 Å². The highest BCUT2D eigenvalue weighted by molar-refractivity contribution is 9.10. The second kappa shape index (κ2) is 5.41. The number of benzene rings is 1. The summed E-state index contributed by atoms with van der Waals surface area (Å²) < 4.78 is 14.9. The lowest BCUT2D eigenvalue weighted by Gasteiger charge is -2.06. The van der Waals surface area contributed by atoms with Crippen LogP contribution in [0.15, 0.2) is 38.5 Å². The number of anilines is 1. The maximum absolute atomic E-state index is 13.6. The SMILES string of the molecule is Cn1c(=O)[nH]cc(C(=O)Nc2ccc(Br)cc2F)c1=O. The normalized spacial score (nSPS) is 10.3. The van der Waals surface area contributed by atoms with Crippen molar-refractivity contribution >= 4 is 27.5 Å². The summed E-state index contributed by atoms with van der Waals surface area (Å²) in [4.78, 5) is 37.1. The Balaban J connectivity index is 2.36. The Morgan fingerprint density at radius 3 is 2.75 bits per heavy atom. The zero-order valence-electron chi connectivity index (χ0n) is 10.2. The highest BCUT2D eigenvalue weighted by atomic mass is 79.9. The fraction of sp³-hybridized carbons (Fsp3) is 0.0833. The van der Waals surface area contributed by atoms with Crippen molar-refractivity contribution in [3.8, 4) is 0 Å². The number of rotatable bonds is 2. The van der Waals surface area contributed by atoms with Gasteiger partial charge in [-0.25, -0.2) is 9.18 Å². The molecule has 8 heteroatoms. The van der Waals surface area contributed by atoms with E-state index in [-0.39, 0.29) is 11.3 Å². The zero-order chi connectivity index (χ0) is 14.9. The molecule has 0 aliphatic rings. The molecule has 20 heavy (non-hydrogen) atoms. The predicted octanol–water partition coefficient (Wildman–Crippen LogP) is 1.23. The van der Waals surface area contributed by atoms with Crippen LogP contribution in [0, 0.1) is 5.82 Å². The van der Waals surface area contributed by atoms with Gasteiger partial charge in [-0.15, -0.1) is 0 Å². The standard InChI is InChI=1S/C12H9BrFN3O3/c1-17-11(19)7(5-15-12(17)20)10(18)16-9-3-2-6(13)4-8(9)14/h2-5H,1H3,(H,15,20)(H,16,18). The molecule has 0 saturated carbocycles. The van der Waals surface area contributed by atoms with Crippen LogP contribution in [0.1, 0.15) is 10.4 Å². The summed E-state index contributed by atoms with van der Waals surface area (Å²) in [5.41, 5.74) is -1.74. The van der Waals surface area contributed by atoms with Crippen molar-refractivity contribution in [1.82, 2.24) is 9.55 Å². The van der Waals surface area contributed by atoms with E-state index in [1.807, 2.05) is 0 Å². The van der Waals surface area contributed by atoms with Crippen LogP contribution in [0.25, 0.3) is 0 Å². The third kappa shape index (κ3) is 2.69. The van der Waals surface area contributed by atoms with Gasteiger partial charge >= 0.3 is 5.69 Å². The number of halogens is 2. The summed E-state index contributed by atoms with van der Waals surface area (Å²) in [5, 5.41) is 2.27. The van der Waals surface area contributed by atoms with Crippen LogP contribution in [0.3, 0.4) is 0 Å². The Hall–Kier alpha value is -2.22. The topological polar surface area (TPSA) is 84.0 Å². The number of nitrogens with one attached hydrogen (secondary N) is 2.